The summed E-state index contributed by atoms with van der Waals surface area (Å²) in [6.07, 6.45) is 1.20. The number of aryl methyl sites for hydroxylation is 1. The zero-order chi connectivity index (χ0) is 20.3. The van der Waals surface area contributed by atoms with Crippen molar-refractivity contribution >= 4 is 28.6 Å². The van der Waals surface area contributed by atoms with E-state index in [1.807, 2.05) is 0 Å². The molecule has 0 aliphatic heterocycles. The molecule has 2 N–H and O–H groups in total. The van der Waals surface area contributed by atoms with Gasteiger partial charge in [0, 0.05) is 23.6 Å². The summed E-state index contributed by atoms with van der Waals surface area (Å²) in [5.74, 6) is -1.10. The number of fused-ring (bicyclic) bond motifs is 1. The van der Waals surface area contributed by atoms with E-state index in [0.29, 0.717) is 22.9 Å². The number of hydrogen-bond donors (Lipinski definition) is 2. The lowest BCUT2D eigenvalue weighted by molar-refractivity contribution is -0.385. The summed E-state index contributed by atoms with van der Waals surface area (Å²) in [6, 6.07) is 10.3. The molecule has 1 amide bonds. The van der Waals surface area contributed by atoms with E-state index >= 15 is 0 Å². The van der Waals surface area contributed by atoms with Crippen LogP contribution in [0, 0.1) is 10.1 Å². The fourth-order valence-corrected chi connectivity index (χ4v) is 2.60. The Labute approximate surface area is 157 Å². The van der Waals surface area contributed by atoms with E-state index in [9.17, 15) is 24.8 Å². The van der Waals surface area contributed by atoms with Gasteiger partial charge in [0.2, 0.25) is 0 Å². The van der Waals surface area contributed by atoms with Gasteiger partial charge in [-0.1, -0.05) is 18.2 Å². The minimum atomic E-state index is -0.727. The fraction of sp³-hybridized carbons (Fsp3) is 0.111. The Balaban J connectivity index is 1.89. The van der Waals surface area contributed by atoms with Crippen LogP contribution in [-0.2, 0) is 6.54 Å². The number of carbonyl (C=O) groups is 1. The largest absolute Gasteiger partial charge is 0.502 e. The lowest BCUT2D eigenvalue weighted by Gasteiger charge is -2.08. The van der Waals surface area contributed by atoms with Crippen LogP contribution in [0.3, 0.4) is 0 Å². The molecule has 3 aromatic rings. The topological polar surface area (TPSA) is 140 Å². The van der Waals surface area contributed by atoms with Gasteiger partial charge in [0.1, 0.15) is 0 Å². The fourth-order valence-electron chi connectivity index (χ4n) is 2.60. The highest BCUT2D eigenvalue weighted by Gasteiger charge is 2.16. The van der Waals surface area contributed by atoms with Crippen LogP contribution in [0.5, 0.6) is 5.75 Å². The molecule has 0 saturated heterocycles. The number of hydrogen-bond acceptors (Lipinski definition) is 7. The van der Waals surface area contributed by atoms with Crippen LogP contribution in [0.25, 0.3) is 10.8 Å². The van der Waals surface area contributed by atoms with Crippen LogP contribution in [0.2, 0.25) is 0 Å². The van der Waals surface area contributed by atoms with Crippen molar-refractivity contribution in [2.45, 2.75) is 13.5 Å². The number of phenols is 1. The van der Waals surface area contributed by atoms with Crippen molar-refractivity contribution < 1.29 is 14.8 Å². The lowest BCUT2D eigenvalue weighted by atomic mass is 10.1. The Bertz CT molecular complexity index is 1170. The molecule has 1 aromatic heterocycles. The first kappa shape index (κ1) is 18.7. The number of nitro groups is 1. The summed E-state index contributed by atoms with van der Waals surface area (Å²) < 4.78 is 1.18. The van der Waals surface area contributed by atoms with Crippen molar-refractivity contribution in [3.63, 3.8) is 0 Å². The second-order valence-electron chi connectivity index (χ2n) is 5.72. The van der Waals surface area contributed by atoms with E-state index < -0.39 is 22.3 Å². The summed E-state index contributed by atoms with van der Waals surface area (Å²) in [4.78, 5) is 34.9. The SMILES string of the molecule is CCn1nc(C(=O)N/N=C\c2ccc(O)c([N+](=O)[O-])c2)c2ccccc2c1=O. The summed E-state index contributed by atoms with van der Waals surface area (Å²) in [5.41, 5.74) is 1.86. The van der Waals surface area contributed by atoms with E-state index in [2.05, 4.69) is 15.6 Å². The van der Waals surface area contributed by atoms with Gasteiger partial charge < -0.3 is 5.11 Å². The number of rotatable bonds is 5. The third-order valence-electron chi connectivity index (χ3n) is 3.96. The number of amides is 1. The molecule has 0 spiro atoms. The van der Waals surface area contributed by atoms with Crippen molar-refractivity contribution in [1.29, 1.82) is 0 Å². The first-order valence-corrected chi connectivity index (χ1v) is 8.23. The molecule has 0 aliphatic carbocycles. The zero-order valence-corrected chi connectivity index (χ0v) is 14.7. The van der Waals surface area contributed by atoms with Gasteiger partial charge in [0.25, 0.3) is 11.5 Å². The monoisotopic (exact) mass is 381 g/mol. The van der Waals surface area contributed by atoms with Gasteiger partial charge in [-0.3, -0.25) is 19.7 Å². The van der Waals surface area contributed by atoms with E-state index in [0.717, 1.165) is 12.1 Å². The number of hydrazone groups is 1. The molecule has 0 radical (unpaired) electrons. The van der Waals surface area contributed by atoms with Gasteiger partial charge in [0.15, 0.2) is 11.4 Å². The third kappa shape index (κ3) is 3.56. The zero-order valence-electron chi connectivity index (χ0n) is 14.7. The van der Waals surface area contributed by atoms with Crippen molar-refractivity contribution in [2.75, 3.05) is 0 Å². The number of carbonyl (C=O) groups excluding carboxylic acids is 1. The lowest BCUT2D eigenvalue weighted by Crippen LogP contribution is -2.28. The van der Waals surface area contributed by atoms with E-state index in [-0.39, 0.29) is 11.3 Å². The number of phenolic OH excluding ortho intramolecular Hbond substituents is 1. The van der Waals surface area contributed by atoms with Crippen molar-refractivity contribution in [1.82, 2.24) is 15.2 Å². The van der Waals surface area contributed by atoms with E-state index in [1.165, 1.54) is 17.0 Å². The molecule has 142 valence electrons. The maximum absolute atomic E-state index is 12.5. The Morgan fingerprint density at radius 1 is 1.32 bits per heavy atom. The van der Waals surface area contributed by atoms with Crippen molar-refractivity contribution in [3.8, 4) is 5.75 Å². The molecule has 0 unspecified atom stereocenters. The highest BCUT2D eigenvalue weighted by atomic mass is 16.6. The molecule has 1 heterocycles. The normalized spacial score (nSPS) is 11.0. The number of nitrogens with zero attached hydrogens (tertiary/aromatic N) is 4. The predicted octanol–water partition coefficient (Wildman–Crippen LogP) is 1.79. The van der Waals surface area contributed by atoms with Gasteiger partial charge in [0.05, 0.1) is 16.5 Å². The van der Waals surface area contributed by atoms with Gasteiger partial charge in [-0.15, -0.1) is 0 Å². The van der Waals surface area contributed by atoms with E-state index in [1.54, 1.807) is 31.2 Å². The number of benzene rings is 2. The molecule has 0 bridgehead atoms. The average molecular weight is 381 g/mol. The maximum Gasteiger partial charge on any atom is 0.311 e. The molecule has 28 heavy (non-hydrogen) atoms. The Morgan fingerprint density at radius 3 is 2.71 bits per heavy atom. The third-order valence-corrected chi connectivity index (χ3v) is 3.96. The molecule has 2 aromatic carbocycles. The van der Waals surface area contributed by atoms with E-state index in [4.69, 9.17) is 0 Å². The number of nitrogens with one attached hydrogen (secondary N) is 1. The quantitative estimate of drug-likeness (QED) is 0.392. The standard InChI is InChI=1S/C18H15N5O5/c1-2-22-18(26)13-6-4-3-5-12(13)16(21-22)17(25)20-19-10-11-7-8-15(24)14(9-11)23(27)28/h3-10,24H,2H2,1H3,(H,20,25)/b19-10-. The maximum atomic E-state index is 12.5. The highest BCUT2D eigenvalue weighted by Crippen LogP contribution is 2.25. The van der Waals surface area contributed by atoms with Crippen molar-refractivity contribution in [3.05, 3.63) is 74.2 Å². The van der Waals surface area contributed by atoms with Crippen LogP contribution < -0.4 is 11.0 Å². The number of aromatic hydroxyl groups is 1. The predicted molar refractivity (Wildman–Crippen MR) is 101 cm³/mol. The molecule has 0 saturated carbocycles. The smallest absolute Gasteiger partial charge is 0.311 e. The number of nitro benzene ring substituents is 1. The van der Waals surface area contributed by atoms with Crippen LogP contribution in [0.15, 0.2) is 52.4 Å². The van der Waals surface area contributed by atoms with Gasteiger partial charge in [-0.25, -0.2) is 10.1 Å². The van der Waals surface area contributed by atoms with Crippen LogP contribution >= 0.6 is 0 Å². The first-order chi connectivity index (χ1) is 13.4. The van der Waals surface area contributed by atoms with Gasteiger partial charge in [-0.05, 0) is 25.1 Å². The molecular weight excluding hydrogens is 366 g/mol. The highest BCUT2D eigenvalue weighted by molar-refractivity contribution is 6.05. The molecule has 0 aliphatic rings. The van der Waals surface area contributed by atoms with Gasteiger partial charge >= 0.3 is 5.69 Å². The summed E-state index contributed by atoms with van der Waals surface area (Å²) >= 11 is 0. The Kier molecular flexibility index (Phi) is 5.12. The van der Waals surface area contributed by atoms with Gasteiger partial charge in [-0.2, -0.15) is 10.2 Å². The van der Waals surface area contributed by atoms with Crippen LogP contribution in [-0.4, -0.2) is 31.9 Å². The second kappa shape index (κ2) is 7.66. The molecule has 10 nitrogen and oxygen atoms in total. The molecule has 3 rings (SSSR count). The average Bonchev–Trinajstić information content (AvgIpc) is 2.69. The first-order valence-electron chi connectivity index (χ1n) is 8.23. The molecule has 0 fully saturated rings. The second-order valence-corrected chi connectivity index (χ2v) is 5.72. The number of aromatic nitrogens is 2. The summed E-state index contributed by atoms with van der Waals surface area (Å²) in [6.45, 7) is 2.03. The summed E-state index contributed by atoms with van der Waals surface area (Å²) in [7, 11) is 0. The van der Waals surface area contributed by atoms with Crippen molar-refractivity contribution in [2.24, 2.45) is 5.10 Å². The van der Waals surface area contributed by atoms with Crippen LogP contribution in [0.4, 0.5) is 5.69 Å². The molecule has 0 atom stereocenters. The molecular formula is C18H15N5O5. The molecule has 10 heteroatoms. The minimum Gasteiger partial charge on any atom is -0.502 e. The Morgan fingerprint density at radius 2 is 2.04 bits per heavy atom. The Hall–Kier alpha value is -4.08. The minimum absolute atomic E-state index is 0.0332. The van der Waals surface area contributed by atoms with Crippen LogP contribution in [0.1, 0.15) is 23.0 Å². The summed E-state index contributed by atoms with van der Waals surface area (Å²) in [5, 5.41) is 28.9.